The number of nitrogens with two attached hydrogens (primary N) is 2. The van der Waals surface area contributed by atoms with Crippen LogP contribution in [0.1, 0.15) is 40.2 Å². The molecule has 176 valence electrons. The van der Waals surface area contributed by atoms with E-state index in [1.165, 1.54) is 11.1 Å². The number of hydrogen-bond acceptors (Lipinski definition) is 7. The number of anilines is 2. The van der Waals surface area contributed by atoms with Crippen molar-refractivity contribution in [2.24, 2.45) is 10.7 Å². The van der Waals surface area contributed by atoms with E-state index < -0.39 is 5.79 Å². The zero-order chi connectivity index (χ0) is 23.9. The van der Waals surface area contributed by atoms with E-state index in [-0.39, 0.29) is 0 Å². The van der Waals surface area contributed by atoms with Gasteiger partial charge in [0.2, 0.25) is 5.79 Å². The minimum Gasteiger partial charge on any atom is -0.398 e. The van der Waals surface area contributed by atoms with Crippen LogP contribution < -0.4 is 16.8 Å². The average Bonchev–Trinajstić information content (AvgIpc) is 3.34. The number of ether oxygens (including phenoxy) is 1. The number of fused-ring (bicyclic) bond motifs is 1. The van der Waals surface area contributed by atoms with Crippen LogP contribution in [0.4, 0.5) is 11.4 Å². The number of aryl methyl sites for hydroxylation is 1. The number of aromatic nitrogens is 1. The van der Waals surface area contributed by atoms with Crippen LogP contribution in [-0.2, 0) is 17.1 Å². The summed E-state index contributed by atoms with van der Waals surface area (Å²) in [4.78, 5) is 11.3. The second-order valence-electron chi connectivity index (χ2n) is 9.54. The Morgan fingerprint density at radius 2 is 2.03 bits per heavy atom. The van der Waals surface area contributed by atoms with Gasteiger partial charge in [0.1, 0.15) is 0 Å². The van der Waals surface area contributed by atoms with Crippen molar-refractivity contribution in [3.8, 4) is 11.1 Å². The van der Waals surface area contributed by atoms with Gasteiger partial charge in [-0.25, -0.2) is 4.99 Å². The van der Waals surface area contributed by atoms with E-state index in [4.69, 9.17) is 21.2 Å². The largest absolute Gasteiger partial charge is 0.398 e. The average molecular weight is 457 g/mol. The Morgan fingerprint density at radius 3 is 2.76 bits per heavy atom. The highest BCUT2D eigenvalue weighted by atomic mass is 16.5. The molecule has 5 rings (SSSR count). The van der Waals surface area contributed by atoms with Crippen molar-refractivity contribution < 1.29 is 4.74 Å². The minimum absolute atomic E-state index is 0.418. The highest BCUT2D eigenvalue weighted by Crippen LogP contribution is 2.40. The van der Waals surface area contributed by atoms with Crippen molar-refractivity contribution in [2.75, 3.05) is 38.4 Å². The quantitative estimate of drug-likeness (QED) is 0.505. The number of nitrogen functional groups attached to an aromatic ring is 1. The van der Waals surface area contributed by atoms with Crippen molar-refractivity contribution >= 4 is 17.6 Å². The van der Waals surface area contributed by atoms with Crippen molar-refractivity contribution in [2.45, 2.75) is 31.6 Å². The fourth-order valence-electron chi connectivity index (χ4n) is 4.91. The van der Waals surface area contributed by atoms with Crippen LogP contribution in [0.5, 0.6) is 0 Å². The molecule has 0 spiro atoms. The molecule has 1 aromatic heterocycles. The predicted octanol–water partition coefficient (Wildman–Crippen LogP) is 3.82. The number of rotatable bonds is 5. The molecule has 0 bridgehead atoms. The van der Waals surface area contributed by atoms with E-state index in [0.717, 1.165) is 59.7 Å². The van der Waals surface area contributed by atoms with Gasteiger partial charge in [-0.05, 0) is 62.3 Å². The summed E-state index contributed by atoms with van der Waals surface area (Å²) in [5, 5.41) is 3.53. The molecule has 2 aromatic carbocycles. The summed E-state index contributed by atoms with van der Waals surface area (Å²) in [5.41, 5.74) is 22.3. The van der Waals surface area contributed by atoms with Crippen LogP contribution in [0, 0.1) is 6.92 Å². The van der Waals surface area contributed by atoms with E-state index in [0.29, 0.717) is 11.6 Å². The van der Waals surface area contributed by atoms with Gasteiger partial charge in [0.15, 0.2) is 0 Å². The van der Waals surface area contributed by atoms with Gasteiger partial charge in [-0.15, -0.1) is 0 Å². The molecule has 0 radical (unpaired) electrons. The fraction of sp³-hybridized carbons (Fsp3) is 0.333. The second kappa shape index (κ2) is 8.83. The monoisotopic (exact) mass is 456 g/mol. The molecule has 0 aliphatic carbocycles. The first-order valence-corrected chi connectivity index (χ1v) is 11.7. The highest BCUT2D eigenvalue weighted by Gasteiger charge is 2.33. The predicted molar refractivity (Wildman–Crippen MR) is 138 cm³/mol. The summed E-state index contributed by atoms with van der Waals surface area (Å²) < 4.78 is 5.66. The summed E-state index contributed by atoms with van der Waals surface area (Å²) in [6.45, 7) is 4.48. The molecule has 2 aliphatic heterocycles. The third kappa shape index (κ3) is 4.07. The topological polar surface area (TPSA) is 102 Å². The first kappa shape index (κ1) is 22.5. The van der Waals surface area contributed by atoms with Crippen LogP contribution in [0.2, 0.25) is 0 Å². The van der Waals surface area contributed by atoms with E-state index in [9.17, 15) is 0 Å². The smallest absolute Gasteiger partial charge is 0.209 e. The lowest BCUT2D eigenvalue weighted by atomic mass is 9.89. The second-order valence-corrected chi connectivity index (χ2v) is 9.54. The van der Waals surface area contributed by atoms with Crippen LogP contribution in [-0.4, -0.2) is 43.4 Å². The summed E-state index contributed by atoms with van der Waals surface area (Å²) in [5.74, 6) is -0.696. The van der Waals surface area contributed by atoms with Gasteiger partial charge in [-0.2, -0.15) is 0 Å². The lowest BCUT2D eigenvalue weighted by Crippen LogP contribution is -2.45. The molecule has 34 heavy (non-hydrogen) atoms. The standard InChI is InChI=1S/C27H32N6O/c1-17-8-10-30-13-23(17)22-6-7-25(28)24-14-31-27(29,32-26(22)24)20-4-5-21(18-9-11-34-16-18)19(12-20)15-33(2)3/h4-8,10,12-14,18,32H,9,11,15-16,28-29H2,1-3H3. The van der Waals surface area contributed by atoms with Gasteiger partial charge in [-0.1, -0.05) is 18.2 Å². The van der Waals surface area contributed by atoms with Crippen LogP contribution >= 0.6 is 0 Å². The Hall–Kier alpha value is -3.26. The number of hydrogen-bond donors (Lipinski definition) is 3. The Morgan fingerprint density at radius 1 is 1.18 bits per heavy atom. The number of benzene rings is 2. The Labute approximate surface area is 200 Å². The number of nitrogens with zero attached hydrogens (tertiary/aromatic N) is 3. The van der Waals surface area contributed by atoms with Crippen molar-refractivity contribution in [1.82, 2.24) is 9.88 Å². The molecule has 2 atom stereocenters. The zero-order valence-electron chi connectivity index (χ0n) is 20.0. The third-order valence-electron chi connectivity index (χ3n) is 6.76. The normalized spacial score (nSPS) is 21.5. The molecule has 3 aromatic rings. The maximum absolute atomic E-state index is 6.93. The fourth-order valence-corrected chi connectivity index (χ4v) is 4.91. The molecule has 1 saturated heterocycles. The van der Waals surface area contributed by atoms with E-state index in [1.807, 2.05) is 24.4 Å². The lowest BCUT2D eigenvalue weighted by molar-refractivity contribution is 0.193. The Balaban J connectivity index is 1.58. The van der Waals surface area contributed by atoms with Gasteiger partial charge in [-0.3, -0.25) is 10.7 Å². The van der Waals surface area contributed by atoms with Crippen molar-refractivity contribution in [3.63, 3.8) is 0 Å². The molecule has 1 fully saturated rings. The van der Waals surface area contributed by atoms with Gasteiger partial charge in [0.05, 0.1) is 12.3 Å². The first-order chi connectivity index (χ1) is 16.4. The van der Waals surface area contributed by atoms with E-state index >= 15 is 0 Å². The molecule has 5 N–H and O–H groups in total. The van der Waals surface area contributed by atoms with E-state index in [2.05, 4.69) is 54.4 Å². The number of pyridine rings is 1. The van der Waals surface area contributed by atoms with Gasteiger partial charge >= 0.3 is 0 Å². The lowest BCUT2D eigenvalue weighted by Gasteiger charge is -2.34. The Bertz CT molecular complexity index is 1250. The highest BCUT2D eigenvalue weighted by molar-refractivity contribution is 6.02. The van der Waals surface area contributed by atoms with Crippen molar-refractivity contribution in [3.05, 3.63) is 76.6 Å². The number of nitrogens with one attached hydrogen (secondary N) is 1. The Kier molecular flexibility index (Phi) is 5.85. The van der Waals surface area contributed by atoms with Crippen molar-refractivity contribution in [1.29, 1.82) is 0 Å². The van der Waals surface area contributed by atoms with Crippen LogP contribution in [0.3, 0.4) is 0 Å². The maximum atomic E-state index is 6.93. The van der Waals surface area contributed by atoms with Gasteiger partial charge in [0, 0.05) is 65.6 Å². The molecule has 0 amide bonds. The molecule has 2 aliphatic rings. The first-order valence-electron chi connectivity index (χ1n) is 11.7. The minimum atomic E-state index is -1.11. The molecule has 2 unspecified atom stereocenters. The summed E-state index contributed by atoms with van der Waals surface area (Å²) >= 11 is 0. The molecule has 3 heterocycles. The molecular weight excluding hydrogens is 424 g/mol. The SMILES string of the molecule is Cc1ccncc1-c1ccc(N)c2c1NC(N)(c1ccc(C3CCOC3)c(CN(C)C)c1)N=C2. The van der Waals surface area contributed by atoms with Crippen LogP contribution in [0.25, 0.3) is 11.1 Å². The zero-order valence-corrected chi connectivity index (χ0v) is 20.0. The molecule has 0 saturated carbocycles. The third-order valence-corrected chi connectivity index (χ3v) is 6.76. The van der Waals surface area contributed by atoms with E-state index in [1.54, 1.807) is 12.4 Å². The number of aliphatic imine (C=N–C) groups is 1. The molecular formula is C27H32N6O. The summed E-state index contributed by atoms with van der Waals surface area (Å²) in [6, 6.07) is 12.4. The molecule has 7 heteroatoms. The summed E-state index contributed by atoms with van der Waals surface area (Å²) in [7, 11) is 4.16. The maximum Gasteiger partial charge on any atom is 0.209 e. The van der Waals surface area contributed by atoms with Crippen LogP contribution in [0.15, 0.2) is 53.8 Å². The summed E-state index contributed by atoms with van der Waals surface area (Å²) in [6.07, 6.45) is 6.51. The van der Waals surface area contributed by atoms with Gasteiger partial charge < -0.3 is 20.7 Å². The van der Waals surface area contributed by atoms with Gasteiger partial charge in [0.25, 0.3) is 0 Å². The molecule has 7 nitrogen and oxygen atoms in total.